The normalized spacial score (nSPS) is 10.4. The number of fused-ring (bicyclic) bond motifs is 1. The molecule has 2 heterocycles. The number of hydrogen-bond acceptors (Lipinski definition) is 2. The molecule has 0 bridgehead atoms. The highest BCUT2D eigenvalue weighted by molar-refractivity contribution is 5.56. The van der Waals surface area contributed by atoms with Crippen LogP contribution < -0.4 is 5.84 Å². The average Bonchev–Trinajstić information content (AvgIpc) is 2.36. The average molecular weight is 133 g/mol. The Morgan fingerprint density at radius 1 is 1.40 bits per heavy atom. The highest BCUT2D eigenvalue weighted by Gasteiger charge is 2.02. The fourth-order valence-corrected chi connectivity index (χ4v) is 0.993. The molecule has 2 aliphatic rings. The molecular weight excluding hydrogens is 126 g/mol. The van der Waals surface area contributed by atoms with Gasteiger partial charge >= 0.3 is 0 Å². The molecule has 2 rings (SSSR count). The van der Waals surface area contributed by atoms with Crippen molar-refractivity contribution >= 4 is 0 Å². The molecule has 0 spiro atoms. The van der Waals surface area contributed by atoms with Crippen LogP contribution in [0.5, 0.6) is 0 Å². The van der Waals surface area contributed by atoms with Crippen molar-refractivity contribution in [1.29, 1.82) is 0 Å². The molecule has 50 valence electrons. The van der Waals surface area contributed by atoms with E-state index in [0.29, 0.717) is 0 Å². The van der Waals surface area contributed by atoms with E-state index in [1.54, 1.807) is 12.4 Å². The first-order valence-electron chi connectivity index (χ1n) is 3.05. The zero-order chi connectivity index (χ0) is 6.97. The third-order valence-electron chi connectivity index (χ3n) is 1.48. The summed E-state index contributed by atoms with van der Waals surface area (Å²) in [4.78, 5) is 4.06. The van der Waals surface area contributed by atoms with E-state index >= 15 is 0 Å². The smallest absolute Gasteiger partial charge is 0.158 e. The Morgan fingerprint density at radius 3 is 3.10 bits per heavy atom. The largest absolute Gasteiger partial charge is 0.338 e. The summed E-state index contributed by atoms with van der Waals surface area (Å²) in [6.45, 7) is 0. The molecule has 0 radical (unpaired) electrons. The summed E-state index contributed by atoms with van der Waals surface area (Å²) in [6, 6.07) is 5.80. The number of pyridine rings is 1. The van der Waals surface area contributed by atoms with Gasteiger partial charge in [0.05, 0.1) is 0 Å². The maximum absolute atomic E-state index is 5.55. The topological polar surface area (TPSA) is 43.8 Å². The van der Waals surface area contributed by atoms with E-state index in [1.165, 1.54) is 4.68 Å². The van der Waals surface area contributed by atoms with Crippen molar-refractivity contribution in [2.24, 2.45) is 0 Å². The molecule has 0 aromatic rings. The fourth-order valence-electron chi connectivity index (χ4n) is 0.993. The summed E-state index contributed by atoms with van der Waals surface area (Å²) in [5.74, 6) is 6.38. The monoisotopic (exact) mass is 133 g/mol. The molecule has 0 amide bonds. The Balaban J connectivity index is 2.80. The van der Waals surface area contributed by atoms with Gasteiger partial charge in [0, 0.05) is 18.0 Å². The predicted molar refractivity (Wildman–Crippen MR) is 39.0 cm³/mol. The lowest BCUT2D eigenvalue weighted by Gasteiger charge is -2.02. The third kappa shape index (κ3) is 0.572. The van der Waals surface area contributed by atoms with E-state index in [0.717, 1.165) is 11.4 Å². The minimum Gasteiger partial charge on any atom is -0.338 e. The molecule has 3 heteroatoms. The summed E-state index contributed by atoms with van der Waals surface area (Å²) >= 11 is 0. The Bertz CT molecular complexity index is 313. The van der Waals surface area contributed by atoms with Gasteiger partial charge in [-0.2, -0.15) is 0 Å². The van der Waals surface area contributed by atoms with Crippen LogP contribution in [-0.2, 0) is 0 Å². The van der Waals surface area contributed by atoms with Gasteiger partial charge in [0.1, 0.15) is 0 Å². The minimum absolute atomic E-state index is 0.822. The van der Waals surface area contributed by atoms with Crippen LogP contribution in [0.4, 0.5) is 0 Å². The Morgan fingerprint density at radius 2 is 2.30 bits per heavy atom. The van der Waals surface area contributed by atoms with E-state index in [2.05, 4.69) is 4.98 Å². The van der Waals surface area contributed by atoms with Crippen molar-refractivity contribution in [3.05, 3.63) is 30.6 Å². The number of nitrogen functional groups attached to an aromatic ring is 1. The van der Waals surface area contributed by atoms with Crippen LogP contribution in [0.2, 0.25) is 0 Å². The molecule has 3 nitrogen and oxygen atoms in total. The zero-order valence-corrected chi connectivity index (χ0v) is 5.36. The second-order valence-electron chi connectivity index (χ2n) is 2.14. The SMILES string of the molecule is Nn1cccc2ccnc1-2. The number of nitrogens with two attached hydrogens (primary N) is 1. The molecule has 0 saturated carbocycles. The Labute approximate surface area is 58.4 Å². The Kier molecular flexibility index (Phi) is 0.917. The number of hydrogen-bond donors (Lipinski definition) is 1. The van der Waals surface area contributed by atoms with E-state index in [9.17, 15) is 0 Å². The van der Waals surface area contributed by atoms with Crippen LogP contribution in [0.1, 0.15) is 0 Å². The highest BCUT2D eigenvalue weighted by Crippen LogP contribution is 2.15. The second-order valence-corrected chi connectivity index (χ2v) is 2.14. The quantitative estimate of drug-likeness (QED) is 0.537. The summed E-state index contributed by atoms with van der Waals surface area (Å²) in [7, 11) is 0. The Hall–Kier alpha value is -1.51. The lowest BCUT2D eigenvalue weighted by Crippen LogP contribution is -2.11. The molecule has 2 aliphatic heterocycles. The third-order valence-corrected chi connectivity index (χ3v) is 1.48. The molecule has 2 N–H and O–H groups in total. The lowest BCUT2D eigenvalue weighted by molar-refractivity contribution is 0.967. The van der Waals surface area contributed by atoms with Crippen LogP contribution in [0.15, 0.2) is 30.6 Å². The van der Waals surface area contributed by atoms with Crippen molar-refractivity contribution in [3.8, 4) is 11.4 Å². The van der Waals surface area contributed by atoms with Gasteiger partial charge in [-0.05, 0) is 18.2 Å². The van der Waals surface area contributed by atoms with Gasteiger partial charge in [0.25, 0.3) is 0 Å². The molecular formula is C7H7N3. The summed E-state index contributed by atoms with van der Waals surface area (Å²) in [6.07, 6.45) is 3.52. The standard InChI is InChI=1S/C7H7N3/c8-10-5-1-2-6-3-4-9-7(6)10/h1-5H,8H2. The van der Waals surface area contributed by atoms with Gasteiger partial charge in [-0.1, -0.05) is 0 Å². The minimum atomic E-state index is 0.822. The number of rotatable bonds is 0. The summed E-state index contributed by atoms with van der Waals surface area (Å²) in [5, 5.41) is 0. The van der Waals surface area contributed by atoms with Crippen molar-refractivity contribution in [3.63, 3.8) is 0 Å². The second kappa shape index (κ2) is 1.73. The molecule has 0 aromatic heterocycles. The van der Waals surface area contributed by atoms with E-state index in [4.69, 9.17) is 5.84 Å². The van der Waals surface area contributed by atoms with Crippen LogP contribution >= 0.6 is 0 Å². The van der Waals surface area contributed by atoms with Gasteiger partial charge in [0.15, 0.2) is 5.82 Å². The van der Waals surface area contributed by atoms with Crippen molar-refractivity contribution < 1.29 is 0 Å². The summed E-state index contributed by atoms with van der Waals surface area (Å²) in [5.41, 5.74) is 1.07. The summed E-state index contributed by atoms with van der Waals surface area (Å²) < 4.78 is 1.51. The van der Waals surface area contributed by atoms with E-state index < -0.39 is 0 Å². The molecule has 0 unspecified atom stereocenters. The zero-order valence-electron chi connectivity index (χ0n) is 5.36. The fraction of sp³-hybridized carbons (Fsp3) is 0. The van der Waals surface area contributed by atoms with E-state index in [-0.39, 0.29) is 0 Å². The molecule has 0 aliphatic carbocycles. The van der Waals surface area contributed by atoms with Gasteiger partial charge in [0.2, 0.25) is 0 Å². The van der Waals surface area contributed by atoms with Crippen molar-refractivity contribution in [1.82, 2.24) is 9.66 Å². The van der Waals surface area contributed by atoms with Gasteiger partial charge < -0.3 is 5.84 Å². The molecule has 0 aromatic carbocycles. The van der Waals surface area contributed by atoms with Crippen LogP contribution in [0, 0.1) is 0 Å². The molecule has 0 saturated heterocycles. The highest BCUT2D eigenvalue weighted by atomic mass is 15.3. The number of aromatic nitrogens is 2. The molecule has 0 atom stereocenters. The first-order valence-corrected chi connectivity index (χ1v) is 3.05. The molecule has 0 fully saturated rings. The lowest BCUT2D eigenvalue weighted by atomic mass is 10.3. The van der Waals surface area contributed by atoms with Crippen LogP contribution in [0.25, 0.3) is 11.4 Å². The van der Waals surface area contributed by atoms with Gasteiger partial charge in [-0.3, -0.25) is 4.68 Å². The van der Waals surface area contributed by atoms with Gasteiger partial charge in [-0.25, -0.2) is 4.98 Å². The number of nitrogens with zero attached hydrogens (tertiary/aromatic N) is 2. The molecule has 10 heavy (non-hydrogen) atoms. The predicted octanol–water partition coefficient (Wildman–Crippen LogP) is 0.702. The van der Waals surface area contributed by atoms with Crippen LogP contribution in [-0.4, -0.2) is 9.66 Å². The van der Waals surface area contributed by atoms with Crippen molar-refractivity contribution in [2.75, 3.05) is 5.84 Å². The van der Waals surface area contributed by atoms with Crippen molar-refractivity contribution in [2.45, 2.75) is 0 Å². The first kappa shape index (κ1) is 5.29. The van der Waals surface area contributed by atoms with Gasteiger partial charge in [-0.15, -0.1) is 0 Å². The maximum Gasteiger partial charge on any atom is 0.158 e. The van der Waals surface area contributed by atoms with E-state index in [1.807, 2.05) is 18.2 Å². The maximum atomic E-state index is 5.55. The van der Waals surface area contributed by atoms with Crippen LogP contribution in [0.3, 0.4) is 0 Å². The first-order chi connectivity index (χ1) is 4.88.